The molecule has 1 aromatic carbocycles. The molecule has 0 aliphatic heterocycles. The average Bonchev–Trinajstić information content (AvgIpc) is 2.25. The number of benzene rings is 1. The zero-order valence-electron chi connectivity index (χ0n) is 9.26. The van der Waals surface area contributed by atoms with Crippen molar-refractivity contribution in [3.63, 3.8) is 0 Å². The zero-order valence-corrected chi connectivity index (χ0v) is 9.26. The third-order valence-electron chi connectivity index (χ3n) is 2.07. The summed E-state index contributed by atoms with van der Waals surface area (Å²) in [5.41, 5.74) is -1.04. The Hall–Kier alpha value is -1.24. The second-order valence-electron chi connectivity index (χ2n) is 3.45. The Morgan fingerprint density at radius 3 is 2.47 bits per heavy atom. The summed E-state index contributed by atoms with van der Waals surface area (Å²) in [6, 6.07) is 2.38. The van der Waals surface area contributed by atoms with Gasteiger partial charge in [0.25, 0.3) is 0 Å². The summed E-state index contributed by atoms with van der Waals surface area (Å²) in [5.74, 6) is -1.27. The van der Waals surface area contributed by atoms with E-state index in [0.29, 0.717) is 19.1 Å². The summed E-state index contributed by atoms with van der Waals surface area (Å²) in [5, 5.41) is 0. The smallest absolute Gasteiger partial charge is 0.496 e. The molecule has 0 bridgehead atoms. The van der Waals surface area contributed by atoms with Gasteiger partial charge in [0, 0.05) is 20.1 Å². The number of methoxy groups -OCH3 is 1. The molecule has 17 heavy (non-hydrogen) atoms. The summed E-state index contributed by atoms with van der Waals surface area (Å²) in [6.45, 7) is -4.79. The minimum Gasteiger partial charge on any atom is -0.496 e. The molecule has 0 saturated carbocycles. The lowest BCUT2D eigenvalue weighted by Crippen LogP contribution is -2.35. The highest BCUT2D eigenvalue weighted by Crippen LogP contribution is 2.18. The van der Waals surface area contributed by atoms with E-state index in [4.69, 9.17) is 9.47 Å². The van der Waals surface area contributed by atoms with Crippen LogP contribution in [0.4, 0.5) is 17.3 Å². The number of rotatable bonds is 6. The molecular formula is C10H12BF4O2-. The van der Waals surface area contributed by atoms with E-state index in [-0.39, 0.29) is 12.4 Å². The molecule has 1 rings (SSSR count). The van der Waals surface area contributed by atoms with Crippen LogP contribution < -0.4 is 10.2 Å². The van der Waals surface area contributed by atoms with Crippen molar-refractivity contribution in [3.05, 3.63) is 24.0 Å². The van der Waals surface area contributed by atoms with Gasteiger partial charge in [-0.05, 0) is 18.2 Å². The Balaban J connectivity index is 2.77. The van der Waals surface area contributed by atoms with Crippen LogP contribution in [0.25, 0.3) is 0 Å². The van der Waals surface area contributed by atoms with Crippen LogP contribution in [0.15, 0.2) is 18.2 Å². The summed E-state index contributed by atoms with van der Waals surface area (Å²) < 4.78 is 60.2. The van der Waals surface area contributed by atoms with Crippen LogP contribution in [0.2, 0.25) is 0 Å². The summed E-state index contributed by atoms with van der Waals surface area (Å²) >= 11 is 0. The second-order valence-corrected chi connectivity index (χ2v) is 3.45. The van der Waals surface area contributed by atoms with E-state index in [2.05, 4.69) is 0 Å². The first-order valence-electron chi connectivity index (χ1n) is 5.06. The van der Waals surface area contributed by atoms with Crippen molar-refractivity contribution in [1.82, 2.24) is 0 Å². The summed E-state index contributed by atoms with van der Waals surface area (Å²) in [7, 11) is 1.49. The highest BCUT2D eigenvalue weighted by molar-refractivity contribution is 6.74. The maximum Gasteiger partial charge on any atom is 0.513 e. The predicted octanol–water partition coefficient (Wildman–Crippen LogP) is 2.30. The van der Waals surface area contributed by atoms with Crippen LogP contribution in [0.3, 0.4) is 0 Å². The van der Waals surface area contributed by atoms with Crippen molar-refractivity contribution in [3.8, 4) is 5.75 Å². The first kappa shape index (κ1) is 13.8. The Bertz CT molecular complexity index is 368. The van der Waals surface area contributed by atoms with E-state index in [1.807, 2.05) is 0 Å². The third-order valence-corrected chi connectivity index (χ3v) is 2.07. The topological polar surface area (TPSA) is 18.5 Å². The van der Waals surface area contributed by atoms with Crippen LogP contribution in [-0.2, 0) is 4.74 Å². The zero-order chi connectivity index (χ0) is 12.9. The van der Waals surface area contributed by atoms with Gasteiger partial charge < -0.3 is 22.4 Å². The predicted molar refractivity (Wildman–Crippen MR) is 57.1 cm³/mol. The molecule has 0 fully saturated rings. The first-order chi connectivity index (χ1) is 7.95. The number of hydrogen-bond acceptors (Lipinski definition) is 2. The van der Waals surface area contributed by atoms with Gasteiger partial charge in [0.2, 0.25) is 0 Å². The van der Waals surface area contributed by atoms with Crippen LogP contribution in [0.1, 0.15) is 6.42 Å². The van der Waals surface area contributed by atoms with E-state index in [1.54, 1.807) is 0 Å². The second kappa shape index (κ2) is 5.91. The maximum atomic E-state index is 12.8. The van der Waals surface area contributed by atoms with Gasteiger partial charge >= 0.3 is 6.98 Å². The largest absolute Gasteiger partial charge is 0.513 e. The molecule has 0 aromatic heterocycles. The molecule has 0 unspecified atom stereocenters. The van der Waals surface area contributed by atoms with Crippen molar-refractivity contribution in [2.45, 2.75) is 6.42 Å². The first-order valence-corrected chi connectivity index (χ1v) is 5.06. The Labute approximate surface area is 96.6 Å². The fourth-order valence-corrected chi connectivity index (χ4v) is 1.29. The van der Waals surface area contributed by atoms with Crippen molar-refractivity contribution >= 4 is 12.4 Å². The normalized spacial score (nSPS) is 11.6. The molecule has 0 aliphatic carbocycles. The molecule has 0 aliphatic rings. The quantitative estimate of drug-likeness (QED) is 0.438. The van der Waals surface area contributed by atoms with Crippen molar-refractivity contribution in [2.75, 3.05) is 20.3 Å². The molecule has 0 saturated heterocycles. The SMILES string of the molecule is COCCCOc1ccc(F)cc1[B-](F)(F)F. The van der Waals surface area contributed by atoms with Gasteiger partial charge in [0.1, 0.15) is 5.82 Å². The molecule has 0 heterocycles. The van der Waals surface area contributed by atoms with Gasteiger partial charge in [-0.1, -0.05) is 5.46 Å². The van der Waals surface area contributed by atoms with E-state index in [1.165, 1.54) is 7.11 Å². The number of hydrogen-bond donors (Lipinski definition) is 0. The van der Waals surface area contributed by atoms with Gasteiger partial charge in [-0.25, -0.2) is 4.39 Å². The van der Waals surface area contributed by atoms with Gasteiger partial charge in [-0.2, -0.15) is 0 Å². The minimum atomic E-state index is -5.28. The molecule has 0 atom stereocenters. The number of ether oxygens (including phenoxy) is 2. The van der Waals surface area contributed by atoms with E-state index in [0.717, 1.165) is 12.1 Å². The summed E-state index contributed by atoms with van der Waals surface area (Å²) in [4.78, 5) is 0. The molecule has 1 aromatic rings. The minimum absolute atomic E-state index is 0.0959. The lowest BCUT2D eigenvalue weighted by atomic mass is 9.79. The molecule has 2 nitrogen and oxygen atoms in total. The standard InChI is InChI=1S/C10H12BF4O2/c1-16-5-2-6-17-10-4-3-8(12)7-9(10)11(13,14)15/h3-4,7H,2,5-6H2,1H3/q-1. The van der Waals surface area contributed by atoms with Gasteiger partial charge in [-0.3, -0.25) is 0 Å². The van der Waals surface area contributed by atoms with Crippen molar-refractivity contribution in [2.24, 2.45) is 0 Å². The van der Waals surface area contributed by atoms with E-state index in [9.17, 15) is 17.3 Å². The van der Waals surface area contributed by atoms with Gasteiger partial charge in [0.15, 0.2) is 0 Å². The van der Waals surface area contributed by atoms with Crippen LogP contribution in [0, 0.1) is 5.82 Å². The Morgan fingerprint density at radius 1 is 1.18 bits per heavy atom. The average molecular weight is 251 g/mol. The third kappa shape index (κ3) is 4.26. The number of halogens is 4. The highest BCUT2D eigenvalue weighted by Gasteiger charge is 2.29. The summed E-state index contributed by atoms with van der Waals surface area (Å²) in [6.07, 6.45) is 0.470. The molecule has 0 radical (unpaired) electrons. The fraction of sp³-hybridized carbons (Fsp3) is 0.400. The highest BCUT2D eigenvalue weighted by atomic mass is 19.4. The lowest BCUT2D eigenvalue weighted by molar-refractivity contribution is 0.172. The molecule has 96 valence electrons. The van der Waals surface area contributed by atoms with Gasteiger partial charge in [-0.15, -0.1) is 0 Å². The molecule has 7 heteroatoms. The van der Waals surface area contributed by atoms with Crippen LogP contribution in [0.5, 0.6) is 5.75 Å². The van der Waals surface area contributed by atoms with Crippen LogP contribution >= 0.6 is 0 Å². The Morgan fingerprint density at radius 2 is 1.88 bits per heavy atom. The molecule has 0 N–H and O–H groups in total. The van der Waals surface area contributed by atoms with Crippen molar-refractivity contribution < 1.29 is 26.8 Å². The van der Waals surface area contributed by atoms with E-state index >= 15 is 0 Å². The monoisotopic (exact) mass is 251 g/mol. The lowest BCUT2D eigenvalue weighted by Gasteiger charge is -2.19. The fourth-order valence-electron chi connectivity index (χ4n) is 1.29. The van der Waals surface area contributed by atoms with E-state index < -0.39 is 18.3 Å². The molecular weight excluding hydrogens is 239 g/mol. The van der Waals surface area contributed by atoms with Crippen LogP contribution in [-0.4, -0.2) is 27.3 Å². The van der Waals surface area contributed by atoms with Crippen molar-refractivity contribution in [1.29, 1.82) is 0 Å². The van der Waals surface area contributed by atoms with Gasteiger partial charge in [0.05, 0.1) is 12.4 Å². The molecule has 0 amide bonds. The maximum absolute atomic E-state index is 12.8. The molecule has 0 spiro atoms. The Kier molecular flexibility index (Phi) is 4.80.